The second kappa shape index (κ2) is 4.69. The van der Waals surface area contributed by atoms with Crippen molar-refractivity contribution in [3.05, 3.63) is 0 Å². The fourth-order valence-electron chi connectivity index (χ4n) is 3.17. The molecular weight excluding hydrogens is 244 g/mol. The van der Waals surface area contributed by atoms with Crippen LogP contribution in [-0.4, -0.2) is 39.6 Å². The van der Waals surface area contributed by atoms with Gasteiger partial charge in [0.25, 0.3) is 0 Å². The predicted octanol–water partition coefficient (Wildman–Crippen LogP) is 2.21. The maximum absolute atomic E-state index is 12.4. The highest BCUT2D eigenvalue weighted by atomic mass is 16.4. The summed E-state index contributed by atoms with van der Waals surface area (Å²) < 4.78 is 0. The van der Waals surface area contributed by atoms with Gasteiger partial charge in [0.05, 0.1) is 0 Å². The number of urea groups is 1. The molecular formula is C14H24N2O3. The molecule has 1 aliphatic carbocycles. The summed E-state index contributed by atoms with van der Waals surface area (Å²) in [6.07, 6.45) is 4.06. The largest absolute Gasteiger partial charge is 0.479 e. The van der Waals surface area contributed by atoms with Crippen LogP contribution in [0.5, 0.6) is 0 Å². The summed E-state index contributed by atoms with van der Waals surface area (Å²) in [5, 5.41) is 12.5. The van der Waals surface area contributed by atoms with Crippen molar-refractivity contribution in [2.45, 2.75) is 64.0 Å². The van der Waals surface area contributed by atoms with Gasteiger partial charge in [-0.2, -0.15) is 0 Å². The zero-order valence-corrected chi connectivity index (χ0v) is 12.0. The van der Waals surface area contributed by atoms with E-state index in [9.17, 15) is 14.7 Å². The van der Waals surface area contributed by atoms with Crippen LogP contribution in [0, 0.1) is 5.92 Å². The lowest BCUT2D eigenvalue weighted by Gasteiger charge is -2.37. The van der Waals surface area contributed by atoms with Gasteiger partial charge in [-0.05, 0) is 51.9 Å². The zero-order chi connectivity index (χ0) is 14.3. The first-order valence-corrected chi connectivity index (χ1v) is 7.16. The second-order valence-corrected chi connectivity index (χ2v) is 6.37. The molecule has 108 valence electrons. The van der Waals surface area contributed by atoms with Gasteiger partial charge in [-0.3, -0.25) is 0 Å². The minimum atomic E-state index is -1.01. The lowest BCUT2D eigenvalue weighted by atomic mass is 9.93. The minimum Gasteiger partial charge on any atom is -0.479 e. The number of aliphatic carboxylic acids is 1. The number of carbonyl (C=O) groups is 2. The molecule has 5 heteroatoms. The summed E-state index contributed by atoms with van der Waals surface area (Å²) in [7, 11) is 0. The molecule has 1 saturated carbocycles. The monoisotopic (exact) mass is 268 g/mol. The van der Waals surface area contributed by atoms with Gasteiger partial charge in [0.1, 0.15) is 5.54 Å². The second-order valence-electron chi connectivity index (χ2n) is 6.37. The van der Waals surface area contributed by atoms with Gasteiger partial charge in [0.15, 0.2) is 0 Å². The fourth-order valence-corrected chi connectivity index (χ4v) is 3.17. The number of carboxylic acids is 1. The number of carboxylic acid groups (broad SMARTS) is 1. The zero-order valence-electron chi connectivity index (χ0n) is 12.0. The van der Waals surface area contributed by atoms with Gasteiger partial charge in [0.2, 0.25) is 0 Å². The van der Waals surface area contributed by atoms with Gasteiger partial charge in [0, 0.05) is 12.1 Å². The third-order valence-electron chi connectivity index (χ3n) is 4.74. The van der Waals surface area contributed by atoms with E-state index in [4.69, 9.17) is 0 Å². The van der Waals surface area contributed by atoms with Crippen LogP contribution >= 0.6 is 0 Å². The minimum absolute atomic E-state index is 0.223. The van der Waals surface area contributed by atoms with Crippen molar-refractivity contribution >= 4 is 12.0 Å². The molecule has 0 aromatic heterocycles. The van der Waals surface area contributed by atoms with Gasteiger partial charge < -0.3 is 15.3 Å². The Kier molecular flexibility index (Phi) is 3.49. The van der Waals surface area contributed by atoms with E-state index in [0.29, 0.717) is 25.3 Å². The summed E-state index contributed by atoms with van der Waals surface area (Å²) >= 11 is 0. The predicted molar refractivity (Wildman–Crippen MR) is 71.9 cm³/mol. The Hall–Kier alpha value is -1.26. The summed E-state index contributed by atoms with van der Waals surface area (Å²) in [6, 6.07) is -0.223. The first-order valence-electron chi connectivity index (χ1n) is 7.16. The average molecular weight is 268 g/mol. The number of rotatable bonds is 4. The molecule has 1 aliphatic heterocycles. The van der Waals surface area contributed by atoms with Crippen LogP contribution in [0.15, 0.2) is 0 Å². The standard InChI is InChI=1S/C14H24N2O3/c1-4-14(11(17)18)8-5-9-16(14)12(19)15-13(2,3)10-6-7-10/h10H,4-9H2,1-3H3,(H,15,19)(H,17,18). The SMILES string of the molecule is CCC1(C(=O)O)CCCN1C(=O)NC(C)(C)C1CC1. The quantitative estimate of drug-likeness (QED) is 0.821. The van der Waals surface area contributed by atoms with E-state index in [-0.39, 0.29) is 11.6 Å². The Labute approximate surface area is 114 Å². The van der Waals surface area contributed by atoms with Crippen LogP contribution in [-0.2, 0) is 4.79 Å². The third-order valence-corrected chi connectivity index (χ3v) is 4.74. The Balaban J connectivity index is 2.11. The number of hydrogen-bond donors (Lipinski definition) is 2. The normalized spacial score (nSPS) is 27.4. The molecule has 19 heavy (non-hydrogen) atoms. The van der Waals surface area contributed by atoms with Crippen molar-refractivity contribution in [1.82, 2.24) is 10.2 Å². The molecule has 2 aliphatic rings. The molecule has 1 atom stereocenters. The van der Waals surface area contributed by atoms with Gasteiger partial charge in [-0.25, -0.2) is 9.59 Å². The van der Waals surface area contributed by atoms with Crippen molar-refractivity contribution in [1.29, 1.82) is 0 Å². The first kappa shape index (κ1) is 14.2. The maximum Gasteiger partial charge on any atom is 0.329 e. The van der Waals surface area contributed by atoms with Crippen LogP contribution in [0.3, 0.4) is 0 Å². The molecule has 1 heterocycles. The highest BCUT2D eigenvalue weighted by Crippen LogP contribution is 2.40. The highest BCUT2D eigenvalue weighted by molar-refractivity contribution is 5.87. The van der Waals surface area contributed by atoms with Crippen LogP contribution < -0.4 is 5.32 Å². The lowest BCUT2D eigenvalue weighted by Crippen LogP contribution is -2.59. The van der Waals surface area contributed by atoms with Gasteiger partial charge in [-0.15, -0.1) is 0 Å². The summed E-state index contributed by atoms with van der Waals surface area (Å²) in [4.78, 5) is 25.5. The average Bonchev–Trinajstić information content (AvgIpc) is 3.08. The van der Waals surface area contributed by atoms with E-state index < -0.39 is 11.5 Å². The maximum atomic E-state index is 12.4. The fraction of sp³-hybridized carbons (Fsp3) is 0.857. The Morgan fingerprint density at radius 2 is 2.05 bits per heavy atom. The summed E-state index contributed by atoms with van der Waals surface area (Å²) in [5.74, 6) is -0.355. The number of hydrogen-bond acceptors (Lipinski definition) is 2. The molecule has 2 rings (SSSR count). The van der Waals surface area contributed by atoms with Crippen LogP contribution in [0.25, 0.3) is 0 Å². The number of likely N-dealkylation sites (tertiary alicyclic amines) is 1. The molecule has 0 aromatic rings. The molecule has 0 aromatic carbocycles. The van der Waals surface area contributed by atoms with Crippen molar-refractivity contribution in [3.8, 4) is 0 Å². The van der Waals surface area contributed by atoms with E-state index in [1.54, 1.807) is 0 Å². The first-order chi connectivity index (χ1) is 8.83. The number of amides is 2. The van der Waals surface area contributed by atoms with Crippen LogP contribution in [0.2, 0.25) is 0 Å². The third kappa shape index (κ3) is 2.42. The molecule has 0 radical (unpaired) electrons. The Morgan fingerprint density at radius 1 is 1.42 bits per heavy atom. The van der Waals surface area contributed by atoms with Crippen molar-refractivity contribution in [3.63, 3.8) is 0 Å². The smallest absolute Gasteiger partial charge is 0.329 e. The number of carbonyl (C=O) groups excluding carboxylic acids is 1. The summed E-state index contributed by atoms with van der Waals surface area (Å²) in [5.41, 5.74) is -1.25. The van der Waals surface area contributed by atoms with Gasteiger partial charge >= 0.3 is 12.0 Å². The van der Waals surface area contributed by atoms with Crippen molar-refractivity contribution in [2.24, 2.45) is 5.92 Å². The molecule has 0 bridgehead atoms. The molecule has 2 N–H and O–H groups in total. The van der Waals surface area contributed by atoms with Crippen LogP contribution in [0.4, 0.5) is 4.79 Å². The molecule has 1 saturated heterocycles. The van der Waals surface area contributed by atoms with Crippen LogP contribution in [0.1, 0.15) is 52.9 Å². The Morgan fingerprint density at radius 3 is 2.53 bits per heavy atom. The van der Waals surface area contributed by atoms with E-state index in [1.807, 2.05) is 20.8 Å². The van der Waals surface area contributed by atoms with Crippen molar-refractivity contribution in [2.75, 3.05) is 6.54 Å². The Bertz CT molecular complexity index is 390. The highest BCUT2D eigenvalue weighted by Gasteiger charge is 2.50. The molecule has 2 amide bonds. The topological polar surface area (TPSA) is 69.6 Å². The number of nitrogens with one attached hydrogen (secondary N) is 1. The summed E-state index contributed by atoms with van der Waals surface area (Å²) in [6.45, 7) is 6.42. The molecule has 0 spiro atoms. The lowest BCUT2D eigenvalue weighted by molar-refractivity contribution is -0.148. The molecule has 1 unspecified atom stereocenters. The molecule has 5 nitrogen and oxygen atoms in total. The van der Waals surface area contributed by atoms with E-state index >= 15 is 0 Å². The van der Waals surface area contributed by atoms with E-state index in [0.717, 1.165) is 19.3 Å². The number of nitrogens with zero attached hydrogens (tertiary/aromatic N) is 1. The molecule has 2 fully saturated rings. The van der Waals surface area contributed by atoms with Gasteiger partial charge in [-0.1, -0.05) is 6.92 Å². The van der Waals surface area contributed by atoms with E-state index in [2.05, 4.69) is 5.32 Å². The van der Waals surface area contributed by atoms with Crippen molar-refractivity contribution < 1.29 is 14.7 Å². The van der Waals surface area contributed by atoms with E-state index in [1.165, 1.54) is 4.90 Å².